The molecule has 3 heteroatoms. The monoisotopic (exact) mass is 197 g/mol. The molecule has 0 aliphatic heterocycles. The lowest BCUT2D eigenvalue weighted by molar-refractivity contribution is 0.145. The summed E-state index contributed by atoms with van der Waals surface area (Å²) in [6.07, 6.45) is 5.58. The minimum atomic E-state index is 0.505. The predicted molar refractivity (Wildman–Crippen MR) is 53.7 cm³/mol. The van der Waals surface area contributed by atoms with Gasteiger partial charge in [-0.2, -0.15) is 0 Å². The smallest absolute Gasteiger partial charge is 0.0892 e. The van der Waals surface area contributed by atoms with Crippen LogP contribution in [0.15, 0.2) is 30.5 Å². The van der Waals surface area contributed by atoms with Crippen molar-refractivity contribution in [2.75, 3.05) is 6.61 Å². The van der Waals surface area contributed by atoms with Crippen molar-refractivity contribution in [2.24, 2.45) is 0 Å². The van der Waals surface area contributed by atoms with Crippen LogP contribution in [0.5, 0.6) is 0 Å². The van der Waals surface area contributed by atoms with Gasteiger partial charge >= 0.3 is 0 Å². The SMILES string of the molecule is CC=CCOCc1cc(Cl)ccn1. The van der Waals surface area contributed by atoms with E-state index < -0.39 is 0 Å². The Morgan fingerprint density at radius 1 is 1.62 bits per heavy atom. The largest absolute Gasteiger partial charge is 0.371 e. The lowest BCUT2D eigenvalue weighted by atomic mass is 10.4. The highest BCUT2D eigenvalue weighted by atomic mass is 35.5. The molecule has 0 aromatic carbocycles. The van der Waals surface area contributed by atoms with E-state index in [-0.39, 0.29) is 0 Å². The molecule has 0 aliphatic carbocycles. The molecule has 1 heterocycles. The van der Waals surface area contributed by atoms with Crippen molar-refractivity contribution >= 4 is 11.6 Å². The highest BCUT2D eigenvalue weighted by Gasteiger charge is 1.94. The third kappa shape index (κ3) is 4.06. The molecule has 0 N–H and O–H groups in total. The second kappa shape index (κ2) is 5.73. The van der Waals surface area contributed by atoms with Gasteiger partial charge in [0, 0.05) is 11.2 Å². The maximum Gasteiger partial charge on any atom is 0.0892 e. The number of halogens is 1. The van der Waals surface area contributed by atoms with Crippen LogP contribution < -0.4 is 0 Å². The van der Waals surface area contributed by atoms with Gasteiger partial charge in [0.25, 0.3) is 0 Å². The molecular weight excluding hydrogens is 186 g/mol. The van der Waals surface area contributed by atoms with E-state index in [0.29, 0.717) is 18.2 Å². The Labute approximate surface area is 83.2 Å². The second-order valence-corrected chi connectivity index (χ2v) is 2.99. The first-order valence-corrected chi connectivity index (χ1v) is 4.50. The first-order valence-electron chi connectivity index (χ1n) is 4.12. The van der Waals surface area contributed by atoms with Crippen molar-refractivity contribution in [3.05, 3.63) is 41.2 Å². The van der Waals surface area contributed by atoms with Crippen LogP contribution in [0.3, 0.4) is 0 Å². The van der Waals surface area contributed by atoms with E-state index in [0.717, 1.165) is 5.69 Å². The molecule has 0 amide bonds. The number of aromatic nitrogens is 1. The molecule has 0 aliphatic rings. The number of hydrogen-bond donors (Lipinski definition) is 0. The van der Waals surface area contributed by atoms with E-state index in [1.54, 1.807) is 18.3 Å². The summed E-state index contributed by atoms with van der Waals surface area (Å²) < 4.78 is 5.31. The van der Waals surface area contributed by atoms with Gasteiger partial charge in [0.2, 0.25) is 0 Å². The fourth-order valence-corrected chi connectivity index (χ4v) is 1.04. The molecule has 1 aromatic rings. The molecule has 0 saturated carbocycles. The van der Waals surface area contributed by atoms with Gasteiger partial charge in [0.1, 0.15) is 0 Å². The highest BCUT2D eigenvalue weighted by molar-refractivity contribution is 6.30. The van der Waals surface area contributed by atoms with Crippen LogP contribution in [0.25, 0.3) is 0 Å². The molecule has 0 fully saturated rings. The van der Waals surface area contributed by atoms with Gasteiger partial charge in [-0.05, 0) is 19.1 Å². The zero-order valence-corrected chi connectivity index (χ0v) is 8.29. The number of nitrogens with zero attached hydrogens (tertiary/aromatic N) is 1. The number of pyridine rings is 1. The molecule has 13 heavy (non-hydrogen) atoms. The molecule has 0 unspecified atom stereocenters. The van der Waals surface area contributed by atoms with E-state index in [4.69, 9.17) is 16.3 Å². The van der Waals surface area contributed by atoms with E-state index in [2.05, 4.69) is 4.98 Å². The summed E-state index contributed by atoms with van der Waals surface area (Å²) in [4.78, 5) is 4.10. The summed E-state index contributed by atoms with van der Waals surface area (Å²) in [7, 11) is 0. The molecule has 0 spiro atoms. The average Bonchev–Trinajstić information content (AvgIpc) is 2.13. The lowest BCUT2D eigenvalue weighted by Crippen LogP contribution is -1.95. The van der Waals surface area contributed by atoms with Crippen LogP contribution in [0.2, 0.25) is 5.02 Å². The maximum absolute atomic E-state index is 5.78. The Morgan fingerprint density at radius 2 is 2.46 bits per heavy atom. The van der Waals surface area contributed by atoms with E-state index >= 15 is 0 Å². The van der Waals surface area contributed by atoms with Crippen LogP contribution in [-0.2, 0) is 11.3 Å². The molecule has 0 saturated heterocycles. The fraction of sp³-hybridized carbons (Fsp3) is 0.300. The normalized spacial score (nSPS) is 10.9. The Bertz CT molecular complexity index is 286. The van der Waals surface area contributed by atoms with Gasteiger partial charge in [-0.3, -0.25) is 4.98 Å². The van der Waals surface area contributed by atoms with Gasteiger partial charge < -0.3 is 4.74 Å². The van der Waals surface area contributed by atoms with Gasteiger partial charge in [-0.1, -0.05) is 23.8 Å². The van der Waals surface area contributed by atoms with Gasteiger partial charge in [-0.25, -0.2) is 0 Å². The van der Waals surface area contributed by atoms with Crippen LogP contribution in [0.1, 0.15) is 12.6 Å². The third-order valence-corrected chi connectivity index (χ3v) is 1.71. The fourth-order valence-electron chi connectivity index (χ4n) is 0.855. The summed E-state index contributed by atoms with van der Waals surface area (Å²) in [6, 6.07) is 3.55. The number of ether oxygens (including phenoxy) is 1. The van der Waals surface area contributed by atoms with E-state index in [9.17, 15) is 0 Å². The van der Waals surface area contributed by atoms with Crippen LogP contribution >= 0.6 is 11.6 Å². The molecular formula is C10H12ClNO. The Morgan fingerprint density at radius 3 is 3.15 bits per heavy atom. The summed E-state index contributed by atoms with van der Waals surface area (Å²) in [6.45, 7) is 3.08. The second-order valence-electron chi connectivity index (χ2n) is 2.55. The van der Waals surface area contributed by atoms with Gasteiger partial charge in [-0.15, -0.1) is 0 Å². The zero-order chi connectivity index (χ0) is 9.52. The van der Waals surface area contributed by atoms with Crippen LogP contribution in [0, 0.1) is 0 Å². The average molecular weight is 198 g/mol. The predicted octanol–water partition coefficient (Wildman–Crippen LogP) is 2.83. The Kier molecular flexibility index (Phi) is 4.50. The lowest BCUT2D eigenvalue weighted by Gasteiger charge is -2.00. The molecule has 0 atom stereocenters. The molecule has 0 radical (unpaired) electrons. The van der Waals surface area contributed by atoms with Crippen LogP contribution in [-0.4, -0.2) is 11.6 Å². The van der Waals surface area contributed by atoms with Crippen molar-refractivity contribution in [3.8, 4) is 0 Å². The third-order valence-electron chi connectivity index (χ3n) is 1.48. The summed E-state index contributed by atoms with van der Waals surface area (Å²) >= 11 is 5.78. The van der Waals surface area contributed by atoms with Crippen molar-refractivity contribution in [1.82, 2.24) is 4.98 Å². The van der Waals surface area contributed by atoms with E-state index in [1.165, 1.54) is 0 Å². The van der Waals surface area contributed by atoms with Gasteiger partial charge in [0.05, 0.1) is 18.9 Å². The van der Waals surface area contributed by atoms with Crippen molar-refractivity contribution in [1.29, 1.82) is 0 Å². The topological polar surface area (TPSA) is 22.1 Å². The first-order chi connectivity index (χ1) is 6.33. The number of allylic oxidation sites excluding steroid dienone is 1. The highest BCUT2D eigenvalue weighted by Crippen LogP contribution is 2.08. The maximum atomic E-state index is 5.78. The quantitative estimate of drug-likeness (QED) is 0.547. The number of rotatable bonds is 4. The van der Waals surface area contributed by atoms with Crippen molar-refractivity contribution in [3.63, 3.8) is 0 Å². The Hall–Kier alpha value is -0.860. The zero-order valence-electron chi connectivity index (χ0n) is 7.53. The summed E-state index contributed by atoms with van der Waals surface area (Å²) in [5, 5.41) is 0.694. The van der Waals surface area contributed by atoms with Crippen molar-refractivity contribution in [2.45, 2.75) is 13.5 Å². The molecule has 0 bridgehead atoms. The van der Waals surface area contributed by atoms with Crippen molar-refractivity contribution < 1.29 is 4.74 Å². The summed E-state index contributed by atoms with van der Waals surface area (Å²) in [5.74, 6) is 0. The van der Waals surface area contributed by atoms with E-state index in [1.807, 2.05) is 19.1 Å². The number of hydrogen-bond acceptors (Lipinski definition) is 2. The molecule has 2 nitrogen and oxygen atoms in total. The minimum Gasteiger partial charge on any atom is -0.371 e. The Balaban J connectivity index is 2.36. The first kappa shape index (κ1) is 10.2. The minimum absolute atomic E-state index is 0.505. The molecule has 70 valence electrons. The standard InChI is InChI=1S/C10H12ClNO/c1-2-3-6-13-8-10-7-9(11)4-5-12-10/h2-5,7H,6,8H2,1H3. The van der Waals surface area contributed by atoms with Crippen LogP contribution in [0.4, 0.5) is 0 Å². The molecule has 1 rings (SSSR count). The summed E-state index contributed by atoms with van der Waals surface area (Å²) in [5.41, 5.74) is 0.858. The molecule has 1 aromatic heterocycles. The van der Waals surface area contributed by atoms with Gasteiger partial charge in [0.15, 0.2) is 0 Å².